The van der Waals surface area contributed by atoms with Crippen LogP contribution in [0.3, 0.4) is 0 Å². The summed E-state index contributed by atoms with van der Waals surface area (Å²) in [5.41, 5.74) is 2.90. The van der Waals surface area contributed by atoms with Gasteiger partial charge in [-0.1, -0.05) is 51.4 Å². The van der Waals surface area contributed by atoms with Gasteiger partial charge in [0.2, 0.25) is 0 Å². The second kappa shape index (κ2) is 4.68. The molecule has 0 atom stereocenters. The largest absolute Gasteiger partial charge is 0.238 e. The quantitative estimate of drug-likeness (QED) is 0.610. The molecule has 1 aromatic carbocycles. The summed E-state index contributed by atoms with van der Waals surface area (Å²) in [7, 11) is 0. The first-order chi connectivity index (χ1) is 6.97. The standard InChI is InChI=1S/C13H16ClN/c1-8(2)11-6-10(14)7-12(9(3)4)13(11)15-5/h6-9H,1-4H3. The van der Waals surface area contributed by atoms with E-state index in [2.05, 4.69) is 32.5 Å². The molecule has 0 amide bonds. The van der Waals surface area contributed by atoms with Crippen LogP contribution in [0.4, 0.5) is 5.69 Å². The van der Waals surface area contributed by atoms with Crippen molar-refractivity contribution < 1.29 is 0 Å². The van der Waals surface area contributed by atoms with Crippen LogP contribution >= 0.6 is 11.6 Å². The maximum Gasteiger partial charge on any atom is 0.194 e. The Labute approximate surface area is 96.9 Å². The molecule has 0 radical (unpaired) electrons. The van der Waals surface area contributed by atoms with Crippen LogP contribution in [0.2, 0.25) is 5.02 Å². The van der Waals surface area contributed by atoms with Crippen molar-refractivity contribution in [2.75, 3.05) is 0 Å². The van der Waals surface area contributed by atoms with E-state index in [4.69, 9.17) is 18.2 Å². The molecule has 80 valence electrons. The van der Waals surface area contributed by atoms with E-state index in [-0.39, 0.29) is 0 Å². The fourth-order valence-electron chi connectivity index (χ4n) is 1.65. The lowest BCUT2D eigenvalue weighted by Gasteiger charge is -2.15. The Balaban J connectivity index is 3.47. The van der Waals surface area contributed by atoms with Crippen molar-refractivity contribution in [1.29, 1.82) is 0 Å². The number of nitrogens with zero attached hydrogens (tertiary/aromatic N) is 1. The summed E-state index contributed by atoms with van der Waals surface area (Å²) in [6.07, 6.45) is 0. The predicted octanol–water partition coefficient (Wildman–Crippen LogP) is 5.14. The monoisotopic (exact) mass is 221 g/mol. The van der Waals surface area contributed by atoms with Crippen molar-refractivity contribution in [3.63, 3.8) is 0 Å². The molecule has 0 aliphatic heterocycles. The van der Waals surface area contributed by atoms with Crippen molar-refractivity contribution >= 4 is 17.3 Å². The number of hydrogen-bond acceptors (Lipinski definition) is 0. The van der Waals surface area contributed by atoms with Gasteiger partial charge in [0, 0.05) is 5.02 Å². The van der Waals surface area contributed by atoms with E-state index in [9.17, 15) is 0 Å². The first-order valence-corrected chi connectivity index (χ1v) is 5.56. The summed E-state index contributed by atoms with van der Waals surface area (Å²) < 4.78 is 0. The van der Waals surface area contributed by atoms with Crippen molar-refractivity contribution in [3.05, 3.63) is 39.7 Å². The Bertz CT molecular complexity index is 370. The average molecular weight is 222 g/mol. The molecule has 0 fully saturated rings. The highest BCUT2D eigenvalue weighted by Crippen LogP contribution is 2.37. The van der Waals surface area contributed by atoms with Gasteiger partial charge in [0.15, 0.2) is 5.69 Å². The lowest BCUT2D eigenvalue weighted by atomic mass is 9.93. The Kier molecular flexibility index (Phi) is 3.77. The number of benzene rings is 1. The van der Waals surface area contributed by atoms with E-state index in [0.717, 1.165) is 21.8 Å². The number of hydrogen-bond donors (Lipinski definition) is 0. The normalized spacial score (nSPS) is 10.8. The first kappa shape index (κ1) is 12.1. The van der Waals surface area contributed by atoms with Gasteiger partial charge in [0.1, 0.15) is 0 Å². The summed E-state index contributed by atoms with van der Waals surface area (Å²) in [6, 6.07) is 3.82. The third kappa shape index (κ3) is 2.52. The second-order valence-electron chi connectivity index (χ2n) is 4.35. The summed E-state index contributed by atoms with van der Waals surface area (Å²) in [6.45, 7) is 15.6. The zero-order valence-electron chi connectivity index (χ0n) is 9.63. The van der Waals surface area contributed by atoms with Gasteiger partial charge in [-0.25, -0.2) is 4.85 Å². The van der Waals surface area contributed by atoms with Crippen molar-refractivity contribution in [3.8, 4) is 0 Å². The topological polar surface area (TPSA) is 4.36 Å². The summed E-state index contributed by atoms with van der Waals surface area (Å²) in [5.74, 6) is 0.676. The minimum absolute atomic E-state index is 0.338. The van der Waals surface area contributed by atoms with Gasteiger partial charge in [0.25, 0.3) is 0 Å². The lowest BCUT2D eigenvalue weighted by Crippen LogP contribution is -1.94. The van der Waals surface area contributed by atoms with Crippen LogP contribution in [0.25, 0.3) is 4.85 Å². The van der Waals surface area contributed by atoms with Gasteiger partial charge in [-0.3, -0.25) is 0 Å². The van der Waals surface area contributed by atoms with Crippen LogP contribution in [-0.4, -0.2) is 0 Å². The molecule has 1 aromatic rings. The maximum absolute atomic E-state index is 7.26. The van der Waals surface area contributed by atoms with E-state index < -0.39 is 0 Å². The highest BCUT2D eigenvalue weighted by molar-refractivity contribution is 6.30. The van der Waals surface area contributed by atoms with Crippen molar-refractivity contribution in [1.82, 2.24) is 0 Å². The number of rotatable bonds is 2. The molecule has 0 N–H and O–H groups in total. The minimum Gasteiger partial charge on any atom is -0.238 e. The van der Waals surface area contributed by atoms with E-state index in [1.54, 1.807) is 0 Å². The third-order valence-corrected chi connectivity index (χ3v) is 2.71. The van der Waals surface area contributed by atoms with Crippen LogP contribution in [0, 0.1) is 6.57 Å². The van der Waals surface area contributed by atoms with E-state index in [1.807, 2.05) is 12.1 Å². The summed E-state index contributed by atoms with van der Waals surface area (Å²) in [4.78, 5) is 3.65. The molecule has 0 spiro atoms. The first-order valence-electron chi connectivity index (χ1n) is 5.18. The molecule has 0 aliphatic rings. The zero-order valence-corrected chi connectivity index (χ0v) is 10.4. The van der Waals surface area contributed by atoms with E-state index in [1.165, 1.54) is 0 Å². The third-order valence-electron chi connectivity index (χ3n) is 2.49. The number of halogens is 1. The molecule has 2 heteroatoms. The van der Waals surface area contributed by atoms with Gasteiger partial charge in [-0.15, -0.1) is 0 Å². The van der Waals surface area contributed by atoms with Gasteiger partial charge in [-0.2, -0.15) is 0 Å². The van der Waals surface area contributed by atoms with E-state index in [0.29, 0.717) is 11.8 Å². The van der Waals surface area contributed by atoms with Gasteiger partial charge in [0.05, 0.1) is 6.57 Å². The van der Waals surface area contributed by atoms with E-state index >= 15 is 0 Å². The Morgan fingerprint density at radius 2 is 1.47 bits per heavy atom. The van der Waals surface area contributed by atoms with Crippen molar-refractivity contribution in [2.24, 2.45) is 0 Å². The predicted molar refractivity (Wildman–Crippen MR) is 65.9 cm³/mol. The molecule has 1 rings (SSSR count). The van der Waals surface area contributed by atoms with Crippen LogP contribution in [-0.2, 0) is 0 Å². The smallest absolute Gasteiger partial charge is 0.194 e. The van der Waals surface area contributed by atoms with Gasteiger partial charge >= 0.3 is 0 Å². The molecule has 0 unspecified atom stereocenters. The van der Waals surface area contributed by atoms with Crippen LogP contribution in [0.15, 0.2) is 12.1 Å². The molecule has 0 saturated heterocycles. The molecule has 0 saturated carbocycles. The van der Waals surface area contributed by atoms with Gasteiger partial charge < -0.3 is 0 Å². The van der Waals surface area contributed by atoms with Crippen molar-refractivity contribution in [2.45, 2.75) is 39.5 Å². The Morgan fingerprint density at radius 1 is 1.07 bits per heavy atom. The zero-order chi connectivity index (χ0) is 11.6. The van der Waals surface area contributed by atoms with Crippen LogP contribution in [0.1, 0.15) is 50.7 Å². The van der Waals surface area contributed by atoms with Gasteiger partial charge in [-0.05, 0) is 23.0 Å². The molecular formula is C13H16ClN. The average Bonchev–Trinajstić information content (AvgIpc) is 2.16. The maximum atomic E-state index is 7.26. The molecule has 1 nitrogen and oxygen atoms in total. The second-order valence-corrected chi connectivity index (χ2v) is 4.79. The van der Waals surface area contributed by atoms with Crippen LogP contribution < -0.4 is 0 Å². The van der Waals surface area contributed by atoms with Crippen LogP contribution in [0.5, 0.6) is 0 Å². The fraction of sp³-hybridized carbons (Fsp3) is 0.462. The summed E-state index contributed by atoms with van der Waals surface area (Å²) >= 11 is 6.06. The highest BCUT2D eigenvalue weighted by Gasteiger charge is 2.15. The Hall–Kier alpha value is -1.00. The molecule has 0 aliphatic carbocycles. The molecular weight excluding hydrogens is 206 g/mol. The molecule has 15 heavy (non-hydrogen) atoms. The SMILES string of the molecule is [C-]#[N+]c1c(C(C)C)cc(Cl)cc1C(C)C. The molecule has 0 bridgehead atoms. The lowest BCUT2D eigenvalue weighted by molar-refractivity contribution is 0.842. The highest BCUT2D eigenvalue weighted by atomic mass is 35.5. The molecule has 0 aromatic heterocycles. The minimum atomic E-state index is 0.338. The fourth-order valence-corrected chi connectivity index (χ4v) is 1.89. The molecule has 0 heterocycles. The Morgan fingerprint density at radius 3 is 1.73 bits per heavy atom. The summed E-state index contributed by atoms with van der Waals surface area (Å²) in [5, 5.41) is 0.731.